The summed E-state index contributed by atoms with van der Waals surface area (Å²) in [5.41, 5.74) is 3.47. The monoisotopic (exact) mass is 446 g/mol. The second kappa shape index (κ2) is 9.17. The lowest BCUT2D eigenvalue weighted by atomic mass is 9.93. The summed E-state index contributed by atoms with van der Waals surface area (Å²) in [5, 5.41) is 1.21. The largest absolute Gasteiger partial charge is 0.420 e. The molecule has 0 saturated carbocycles. The first-order valence-corrected chi connectivity index (χ1v) is 10.2. The smallest absolute Gasteiger partial charge is 0.385 e. The van der Waals surface area contributed by atoms with Gasteiger partial charge in [0.25, 0.3) is 5.78 Å². The first-order chi connectivity index (χ1) is 15.0. The van der Waals surface area contributed by atoms with Crippen molar-refractivity contribution in [1.82, 2.24) is 0 Å². The van der Waals surface area contributed by atoms with Gasteiger partial charge in [-0.15, -0.1) is 0 Å². The highest BCUT2D eigenvalue weighted by atomic mass is 35.5. The van der Waals surface area contributed by atoms with E-state index in [2.05, 4.69) is 0 Å². The Kier molecular flexibility index (Phi) is 6.17. The van der Waals surface area contributed by atoms with E-state index >= 15 is 0 Å². The highest BCUT2D eigenvalue weighted by Crippen LogP contribution is 2.40. The summed E-state index contributed by atoms with van der Waals surface area (Å²) in [7, 11) is 0. The topological polar surface area (TPSA) is 43.4 Å². The van der Waals surface area contributed by atoms with E-state index in [9.17, 15) is 9.59 Å². The molecule has 0 aliphatic heterocycles. The van der Waals surface area contributed by atoms with Gasteiger partial charge in [0.1, 0.15) is 5.75 Å². The third-order valence-electron chi connectivity index (χ3n) is 4.74. The normalized spacial score (nSPS) is 10.5. The molecule has 0 amide bonds. The number of hydrogen-bond acceptors (Lipinski definition) is 3. The zero-order valence-corrected chi connectivity index (χ0v) is 17.7. The van der Waals surface area contributed by atoms with Crippen molar-refractivity contribution in [3.63, 3.8) is 0 Å². The fourth-order valence-corrected chi connectivity index (χ4v) is 3.51. The molecule has 4 aromatic rings. The van der Waals surface area contributed by atoms with Gasteiger partial charge in [-0.25, -0.2) is 4.79 Å². The average molecular weight is 447 g/mol. The zero-order valence-electron chi connectivity index (χ0n) is 16.2. The van der Waals surface area contributed by atoms with Gasteiger partial charge in [0.15, 0.2) is 0 Å². The Labute approximate surface area is 189 Å². The summed E-state index contributed by atoms with van der Waals surface area (Å²) in [6.45, 7) is 0. The van der Waals surface area contributed by atoms with Gasteiger partial charge in [0, 0.05) is 21.2 Å². The molecule has 31 heavy (non-hydrogen) atoms. The lowest BCUT2D eigenvalue weighted by Gasteiger charge is -2.15. The molecule has 0 atom stereocenters. The van der Waals surface area contributed by atoms with Crippen molar-refractivity contribution in [1.29, 1.82) is 0 Å². The zero-order chi connectivity index (χ0) is 21.8. The number of Topliss-reactive ketones (excluding diaryl/α,β-unsaturated/α-hetero) is 1. The van der Waals surface area contributed by atoms with Crippen LogP contribution >= 0.6 is 23.2 Å². The van der Waals surface area contributed by atoms with Gasteiger partial charge >= 0.3 is 5.97 Å². The van der Waals surface area contributed by atoms with E-state index in [1.165, 1.54) is 0 Å². The minimum Gasteiger partial charge on any atom is -0.420 e. The molecule has 0 fully saturated rings. The summed E-state index contributed by atoms with van der Waals surface area (Å²) in [4.78, 5) is 25.2. The van der Waals surface area contributed by atoms with Crippen molar-refractivity contribution in [2.24, 2.45) is 0 Å². The molecule has 4 rings (SSSR count). The molecule has 0 aliphatic rings. The number of rotatable bonds is 5. The van der Waals surface area contributed by atoms with Crippen LogP contribution < -0.4 is 4.74 Å². The molecule has 0 bridgehead atoms. The maximum atomic E-state index is 12.6. The van der Waals surface area contributed by atoms with Crippen LogP contribution in [0.4, 0.5) is 0 Å². The number of esters is 1. The van der Waals surface area contributed by atoms with Crippen LogP contribution in [0.2, 0.25) is 10.0 Å². The van der Waals surface area contributed by atoms with Gasteiger partial charge in [-0.1, -0.05) is 89.9 Å². The van der Waals surface area contributed by atoms with E-state index in [0.29, 0.717) is 15.6 Å². The fourth-order valence-electron chi connectivity index (χ4n) is 3.25. The Morgan fingerprint density at radius 1 is 0.613 bits per heavy atom. The molecule has 4 aromatic carbocycles. The summed E-state index contributed by atoms with van der Waals surface area (Å²) < 4.78 is 5.58. The number of hydrogen-bond donors (Lipinski definition) is 0. The number of benzene rings is 4. The molecular formula is C26H16Cl2O3. The van der Waals surface area contributed by atoms with E-state index in [0.717, 1.165) is 16.7 Å². The van der Waals surface area contributed by atoms with Gasteiger partial charge in [0.2, 0.25) is 0 Å². The average Bonchev–Trinajstić information content (AvgIpc) is 2.80. The fraction of sp³-hybridized carbons (Fsp3) is 0. The van der Waals surface area contributed by atoms with Crippen molar-refractivity contribution >= 4 is 35.0 Å². The van der Waals surface area contributed by atoms with Crippen molar-refractivity contribution in [2.75, 3.05) is 0 Å². The number of halogens is 2. The molecule has 0 heterocycles. The van der Waals surface area contributed by atoms with Crippen LogP contribution in [-0.2, 0) is 4.79 Å². The maximum Gasteiger partial charge on any atom is 0.385 e. The van der Waals surface area contributed by atoms with Crippen LogP contribution in [0.3, 0.4) is 0 Å². The second-order valence-corrected chi connectivity index (χ2v) is 7.65. The standard InChI is InChI=1S/C26H16Cl2O3/c27-20-13-9-17(10-14-20)22-7-4-8-23(24(22)18-11-15-21(28)16-12-18)31-26(30)25(29)19-5-2-1-3-6-19/h1-16H. The van der Waals surface area contributed by atoms with E-state index in [-0.39, 0.29) is 11.3 Å². The Balaban J connectivity index is 1.79. The highest BCUT2D eigenvalue weighted by Gasteiger charge is 2.22. The minimum absolute atomic E-state index is 0.273. The van der Waals surface area contributed by atoms with Crippen molar-refractivity contribution in [3.8, 4) is 28.0 Å². The molecule has 0 radical (unpaired) electrons. The predicted molar refractivity (Wildman–Crippen MR) is 124 cm³/mol. The number of ketones is 1. The van der Waals surface area contributed by atoms with Gasteiger partial charge < -0.3 is 4.74 Å². The van der Waals surface area contributed by atoms with Crippen LogP contribution in [-0.4, -0.2) is 11.8 Å². The van der Waals surface area contributed by atoms with Gasteiger partial charge in [-0.05, 0) is 47.0 Å². The first-order valence-electron chi connectivity index (χ1n) is 9.49. The summed E-state index contributed by atoms with van der Waals surface area (Å²) in [6, 6.07) is 28.2. The van der Waals surface area contributed by atoms with Gasteiger partial charge in [0.05, 0.1) is 0 Å². The van der Waals surface area contributed by atoms with E-state index in [4.69, 9.17) is 27.9 Å². The van der Waals surface area contributed by atoms with Crippen LogP contribution in [0.15, 0.2) is 97.1 Å². The predicted octanol–water partition coefficient (Wildman–Crippen LogP) is 7.12. The van der Waals surface area contributed by atoms with Crippen LogP contribution in [0.1, 0.15) is 10.4 Å². The molecule has 152 valence electrons. The number of carbonyl (C=O) groups excluding carboxylic acids is 2. The third-order valence-corrected chi connectivity index (χ3v) is 5.24. The van der Waals surface area contributed by atoms with Crippen LogP contribution in [0, 0.1) is 0 Å². The summed E-state index contributed by atoms with van der Waals surface area (Å²) in [5.74, 6) is -1.38. The van der Waals surface area contributed by atoms with Gasteiger partial charge in [-0.2, -0.15) is 0 Å². The summed E-state index contributed by atoms with van der Waals surface area (Å²) in [6.07, 6.45) is 0. The van der Waals surface area contributed by atoms with E-state index in [1.807, 2.05) is 30.3 Å². The van der Waals surface area contributed by atoms with Gasteiger partial charge in [-0.3, -0.25) is 4.79 Å². The molecule has 5 heteroatoms. The quantitative estimate of drug-likeness (QED) is 0.142. The Bertz CT molecular complexity index is 1230. The van der Waals surface area contributed by atoms with Crippen molar-refractivity contribution in [3.05, 3.63) is 113 Å². The third kappa shape index (κ3) is 4.69. The number of carbonyl (C=O) groups is 2. The van der Waals surface area contributed by atoms with E-state index < -0.39 is 11.8 Å². The first kappa shape index (κ1) is 20.9. The highest BCUT2D eigenvalue weighted by molar-refractivity contribution is 6.41. The lowest BCUT2D eigenvalue weighted by Crippen LogP contribution is -2.20. The maximum absolute atomic E-state index is 12.6. The molecule has 0 aromatic heterocycles. The molecule has 0 N–H and O–H groups in total. The van der Waals surface area contributed by atoms with E-state index in [1.54, 1.807) is 66.7 Å². The van der Waals surface area contributed by atoms with Crippen LogP contribution in [0.5, 0.6) is 5.75 Å². The Hall–Kier alpha value is -3.40. The Morgan fingerprint density at radius 3 is 1.81 bits per heavy atom. The molecule has 0 aliphatic carbocycles. The molecule has 3 nitrogen and oxygen atoms in total. The molecule has 0 saturated heterocycles. The molecule has 0 unspecified atom stereocenters. The van der Waals surface area contributed by atoms with Crippen molar-refractivity contribution in [2.45, 2.75) is 0 Å². The van der Waals surface area contributed by atoms with Crippen molar-refractivity contribution < 1.29 is 14.3 Å². The lowest BCUT2D eigenvalue weighted by molar-refractivity contribution is -0.129. The SMILES string of the molecule is O=C(Oc1cccc(-c2ccc(Cl)cc2)c1-c1ccc(Cl)cc1)C(=O)c1ccccc1. The summed E-state index contributed by atoms with van der Waals surface area (Å²) >= 11 is 12.1. The number of ether oxygens (including phenoxy) is 1. The molecular weight excluding hydrogens is 431 g/mol. The minimum atomic E-state index is -0.949. The molecule has 0 spiro atoms. The second-order valence-electron chi connectivity index (χ2n) is 6.78. The van der Waals surface area contributed by atoms with Crippen LogP contribution in [0.25, 0.3) is 22.3 Å². The Morgan fingerprint density at radius 2 is 1.19 bits per heavy atom.